The van der Waals surface area contributed by atoms with Gasteiger partial charge in [-0.2, -0.15) is 5.26 Å². The second-order valence-electron chi connectivity index (χ2n) is 4.82. The second kappa shape index (κ2) is 8.61. The molecule has 2 N–H and O–H groups in total. The fraction of sp³-hybridized carbons (Fsp3) is 0.111. The highest BCUT2D eigenvalue weighted by atomic mass is 35.5. The van der Waals surface area contributed by atoms with Crippen molar-refractivity contribution in [2.45, 2.75) is 6.54 Å². The lowest BCUT2D eigenvalue weighted by Crippen LogP contribution is -2.24. The van der Waals surface area contributed by atoms with Gasteiger partial charge in [0, 0.05) is 12.7 Å². The van der Waals surface area contributed by atoms with Gasteiger partial charge in [0.25, 0.3) is 5.91 Å². The van der Waals surface area contributed by atoms with Gasteiger partial charge in [0.2, 0.25) is 0 Å². The average molecular weight is 342 g/mol. The second-order valence-corrected chi connectivity index (χ2v) is 5.23. The van der Waals surface area contributed by atoms with Crippen LogP contribution < -0.4 is 15.4 Å². The highest BCUT2D eigenvalue weighted by Crippen LogP contribution is 2.20. The highest BCUT2D eigenvalue weighted by Gasteiger charge is 2.09. The number of nitriles is 1. The first-order valence-electron chi connectivity index (χ1n) is 7.16. The molecule has 0 aliphatic rings. The largest absolute Gasteiger partial charge is 0.497 e. The predicted octanol–water partition coefficient (Wildman–Crippen LogP) is 3.48. The van der Waals surface area contributed by atoms with Gasteiger partial charge in [0.1, 0.15) is 17.4 Å². The summed E-state index contributed by atoms with van der Waals surface area (Å²) in [6.07, 6.45) is 1.34. The molecule has 5 nitrogen and oxygen atoms in total. The molecule has 0 aliphatic heterocycles. The van der Waals surface area contributed by atoms with Crippen LogP contribution in [0.3, 0.4) is 0 Å². The molecule has 0 aliphatic carbocycles. The third kappa shape index (κ3) is 4.77. The minimum Gasteiger partial charge on any atom is -0.497 e. The van der Waals surface area contributed by atoms with Crippen LogP contribution in [-0.2, 0) is 11.3 Å². The Hall–Kier alpha value is -2.97. The van der Waals surface area contributed by atoms with Crippen molar-refractivity contribution >= 4 is 23.2 Å². The molecule has 0 bridgehead atoms. The number of nitrogens with one attached hydrogen (secondary N) is 2. The zero-order valence-electron chi connectivity index (χ0n) is 13.0. The lowest BCUT2D eigenvalue weighted by Gasteiger charge is -2.07. The van der Waals surface area contributed by atoms with Crippen LogP contribution in [0.25, 0.3) is 0 Å². The van der Waals surface area contributed by atoms with E-state index >= 15 is 0 Å². The average Bonchev–Trinajstić information content (AvgIpc) is 2.62. The molecule has 0 atom stereocenters. The Morgan fingerprint density at radius 1 is 1.25 bits per heavy atom. The van der Waals surface area contributed by atoms with E-state index in [1.165, 1.54) is 6.20 Å². The molecule has 0 radical (unpaired) electrons. The van der Waals surface area contributed by atoms with Crippen LogP contribution in [-0.4, -0.2) is 13.0 Å². The van der Waals surface area contributed by atoms with Crippen LogP contribution >= 0.6 is 11.6 Å². The van der Waals surface area contributed by atoms with Gasteiger partial charge in [-0.25, -0.2) is 0 Å². The zero-order chi connectivity index (χ0) is 17.4. The van der Waals surface area contributed by atoms with Crippen molar-refractivity contribution in [1.82, 2.24) is 5.32 Å². The lowest BCUT2D eigenvalue weighted by atomic mass is 10.2. The van der Waals surface area contributed by atoms with Gasteiger partial charge in [0.15, 0.2) is 0 Å². The summed E-state index contributed by atoms with van der Waals surface area (Å²) < 4.78 is 5.08. The summed E-state index contributed by atoms with van der Waals surface area (Å²) in [6, 6.07) is 16.2. The van der Waals surface area contributed by atoms with E-state index in [4.69, 9.17) is 21.6 Å². The van der Waals surface area contributed by atoms with E-state index < -0.39 is 5.91 Å². The molecule has 0 saturated heterocycles. The van der Waals surface area contributed by atoms with E-state index in [9.17, 15) is 4.79 Å². The SMILES string of the molecule is COc1ccc(CNC(=O)/C(C#N)=C\Nc2ccccc2Cl)cc1. The van der Waals surface area contributed by atoms with Crippen molar-refractivity contribution < 1.29 is 9.53 Å². The van der Waals surface area contributed by atoms with Crippen molar-refractivity contribution in [2.24, 2.45) is 0 Å². The van der Waals surface area contributed by atoms with Gasteiger partial charge < -0.3 is 15.4 Å². The Morgan fingerprint density at radius 3 is 2.58 bits per heavy atom. The van der Waals surface area contributed by atoms with Crippen LogP contribution in [0.1, 0.15) is 5.56 Å². The minimum atomic E-state index is -0.465. The molecule has 2 aromatic rings. The van der Waals surface area contributed by atoms with Crippen LogP contribution in [0.2, 0.25) is 5.02 Å². The molecule has 0 aromatic heterocycles. The molecule has 0 spiro atoms. The quantitative estimate of drug-likeness (QED) is 0.623. The monoisotopic (exact) mass is 341 g/mol. The fourth-order valence-corrected chi connectivity index (χ4v) is 2.09. The maximum Gasteiger partial charge on any atom is 0.263 e. The molecule has 0 fully saturated rings. The Bertz CT molecular complexity index is 780. The molecule has 2 rings (SSSR count). The Balaban J connectivity index is 1.97. The molecule has 0 unspecified atom stereocenters. The van der Waals surface area contributed by atoms with Gasteiger partial charge in [-0.3, -0.25) is 4.79 Å². The summed E-state index contributed by atoms with van der Waals surface area (Å²) in [5.41, 5.74) is 1.49. The number of carbonyl (C=O) groups is 1. The molecule has 1 amide bonds. The highest BCUT2D eigenvalue weighted by molar-refractivity contribution is 6.33. The Labute approximate surface area is 145 Å². The molecular weight excluding hydrogens is 326 g/mol. The molecule has 6 heteroatoms. The van der Waals surface area contributed by atoms with E-state index in [0.29, 0.717) is 17.3 Å². The first-order valence-corrected chi connectivity index (χ1v) is 7.54. The lowest BCUT2D eigenvalue weighted by molar-refractivity contribution is -0.117. The molecular formula is C18H16ClN3O2. The molecule has 24 heavy (non-hydrogen) atoms. The van der Waals surface area contributed by atoms with Crippen LogP contribution in [0, 0.1) is 11.3 Å². The normalized spacial score (nSPS) is 10.6. The third-order valence-electron chi connectivity index (χ3n) is 3.22. The summed E-state index contributed by atoms with van der Waals surface area (Å²) in [5, 5.41) is 15.2. The summed E-state index contributed by atoms with van der Waals surface area (Å²) in [6.45, 7) is 0.313. The number of anilines is 1. The van der Waals surface area contributed by atoms with Crippen molar-refractivity contribution in [3.8, 4) is 11.8 Å². The van der Waals surface area contributed by atoms with Gasteiger partial charge in [0.05, 0.1) is 17.8 Å². The summed E-state index contributed by atoms with van der Waals surface area (Å²) in [5.74, 6) is 0.277. The molecule has 2 aromatic carbocycles. The maximum absolute atomic E-state index is 12.1. The van der Waals surface area contributed by atoms with Crippen LogP contribution in [0.4, 0.5) is 5.69 Å². The third-order valence-corrected chi connectivity index (χ3v) is 3.55. The van der Waals surface area contributed by atoms with Crippen molar-refractivity contribution in [3.63, 3.8) is 0 Å². The topological polar surface area (TPSA) is 74.1 Å². The van der Waals surface area contributed by atoms with E-state index in [0.717, 1.165) is 11.3 Å². The number of methoxy groups -OCH3 is 1. The maximum atomic E-state index is 12.1. The number of rotatable bonds is 6. The van der Waals surface area contributed by atoms with Gasteiger partial charge >= 0.3 is 0 Å². The molecule has 0 heterocycles. The van der Waals surface area contributed by atoms with E-state index in [1.807, 2.05) is 30.3 Å². The Kier molecular flexibility index (Phi) is 6.23. The van der Waals surface area contributed by atoms with Crippen molar-refractivity contribution in [3.05, 3.63) is 70.9 Å². The number of benzene rings is 2. The standard InChI is InChI=1S/C18H16ClN3O2/c1-24-15-8-6-13(7-9-15)11-22-18(23)14(10-20)12-21-17-5-3-2-4-16(17)19/h2-9,12,21H,11H2,1H3,(H,22,23)/b14-12-. The minimum absolute atomic E-state index is 0.0385. The number of nitrogens with zero attached hydrogens (tertiary/aromatic N) is 1. The van der Waals surface area contributed by atoms with Crippen molar-refractivity contribution in [1.29, 1.82) is 5.26 Å². The first kappa shape index (κ1) is 17.4. The predicted molar refractivity (Wildman–Crippen MR) is 93.6 cm³/mol. The smallest absolute Gasteiger partial charge is 0.263 e. The molecule has 122 valence electrons. The summed E-state index contributed by atoms with van der Waals surface area (Å²) >= 11 is 6.01. The number of hydrogen-bond acceptors (Lipinski definition) is 4. The van der Waals surface area contributed by atoms with Crippen LogP contribution in [0.15, 0.2) is 60.3 Å². The summed E-state index contributed by atoms with van der Waals surface area (Å²) in [7, 11) is 1.59. The fourth-order valence-electron chi connectivity index (χ4n) is 1.90. The zero-order valence-corrected chi connectivity index (χ0v) is 13.8. The van der Waals surface area contributed by atoms with Gasteiger partial charge in [-0.1, -0.05) is 35.9 Å². The van der Waals surface area contributed by atoms with E-state index in [-0.39, 0.29) is 5.57 Å². The number of amides is 1. The first-order chi connectivity index (χ1) is 11.6. The van der Waals surface area contributed by atoms with Crippen molar-refractivity contribution in [2.75, 3.05) is 12.4 Å². The van der Waals surface area contributed by atoms with E-state index in [1.54, 1.807) is 31.4 Å². The number of halogens is 1. The Morgan fingerprint density at radius 2 is 1.96 bits per heavy atom. The number of para-hydroxylation sites is 1. The number of hydrogen-bond donors (Lipinski definition) is 2. The molecule has 0 saturated carbocycles. The van der Waals surface area contributed by atoms with Crippen LogP contribution in [0.5, 0.6) is 5.75 Å². The number of ether oxygens (including phenoxy) is 1. The summed E-state index contributed by atoms with van der Waals surface area (Å²) in [4.78, 5) is 12.1. The van der Waals surface area contributed by atoms with Gasteiger partial charge in [-0.15, -0.1) is 0 Å². The van der Waals surface area contributed by atoms with Gasteiger partial charge in [-0.05, 0) is 29.8 Å². The van der Waals surface area contributed by atoms with E-state index in [2.05, 4.69) is 10.6 Å². The number of carbonyl (C=O) groups excluding carboxylic acids is 1.